The molecule has 0 amide bonds. The van der Waals surface area contributed by atoms with E-state index in [9.17, 15) is 0 Å². The van der Waals surface area contributed by atoms with Crippen molar-refractivity contribution in [3.8, 4) is 0 Å². The van der Waals surface area contributed by atoms with Crippen LogP contribution in [0.2, 0.25) is 0 Å². The molecule has 0 heteroatoms. The highest BCUT2D eigenvalue weighted by Gasteiger charge is 2.03. The van der Waals surface area contributed by atoms with Crippen LogP contribution >= 0.6 is 0 Å². The molecule has 2 atom stereocenters. The largest absolute Gasteiger partial charge is 0.0859 e. The molecule has 0 nitrogen and oxygen atoms in total. The summed E-state index contributed by atoms with van der Waals surface area (Å²) in [6.45, 7) is 22.6. The van der Waals surface area contributed by atoms with Crippen molar-refractivity contribution in [1.29, 1.82) is 0 Å². The topological polar surface area (TPSA) is 0 Å². The standard InChI is InChI=1S/2C12H24/c2*1-10(2)7-6-8-12(5)9-11(3)4/h2*7,11-12H,6,8-9H2,1-5H3/t2*12-/m10/s1. The fourth-order valence-corrected chi connectivity index (χ4v) is 3.16. The summed E-state index contributed by atoms with van der Waals surface area (Å²) in [5.74, 6) is 3.49. The molecule has 0 aliphatic carbocycles. The Kier molecular flexibility index (Phi) is 17.1. The molecule has 0 aromatic rings. The average Bonchev–Trinajstić information content (AvgIpc) is 2.36. The third-order valence-corrected chi connectivity index (χ3v) is 4.17. The molecule has 0 radical (unpaired) electrons. The van der Waals surface area contributed by atoms with Gasteiger partial charge in [0.25, 0.3) is 0 Å². The Labute approximate surface area is 155 Å². The second kappa shape index (κ2) is 16.0. The van der Waals surface area contributed by atoms with Crippen LogP contribution in [0.3, 0.4) is 0 Å². The first-order chi connectivity index (χ1) is 11.0. The summed E-state index contributed by atoms with van der Waals surface area (Å²) in [6.07, 6.45) is 12.7. The number of hydrogen-bond donors (Lipinski definition) is 0. The summed E-state index contributed by atoms with van der Waals surface area (Å²) in [7, 11) is 0. The minimum atomic E-state index is 0.853. The Hall–Kier alpha value is -0.520. The van der Waals surface area contributed by atoms with E-state index in [2.05, 4.69) is 81.4 Å². The maximum atomic E-state index is 2.36. The fraction of sp³-hybridized carbons (Fsp3) is 0.833. The molecule has 0 aromatic heterocycles. The van der Waals surface area contributed by atoms with E-state index in [-0.39, 0.29) is 0 Å². The van der Waals surface area contributed by atoms with Gasteiger partial charge in [0, 0.05) is 0 Å². The van der Waals surface area contributed by atoms with Crippen LogP contribution in [0, 0.1) is 23.7 Å². The minimum Gasteiger partial charge on any atom is -0.0859 e. The summed E-state index contributed by atoms with van der Waals surface area (Å²) < 4.78 is 0. The zero-order chi connectivity index (χ0) is 19.1. The van der Waals surface area contributed by atoms with Gasteiger partial charge in [0.1, 0.15) is 0 Å². The molecule has 24 heavy (non-hydrogen) atoms. The normalized spacial score (nSPS) is 13.2. The van der Waals surface area contributed by atoms with Crippen LogP contribution < -0.4 is 0 Å². The van der Waals surface area contributed by atoms with Crippen LogP contribution in [0.15, 0.2) is 23.3 Å². The van der Waals surface area contributed by atoms with Gasteiger partial charge >= 0.3 is 0 Å². The maximum absolute atomic E-state index is 2.36. The molecule has 0 bridgehead atoms. The molecule has 0 unspecified atom stereocenters. The molecule has 0 aliphatic heterocycles. The summed E-state index contributed by atoms with van der Waals surface area (Å²) >= 11 is 0. The van der Waals surface area contributed by atoms with Gasteiger partial charge in [-0.3, -0.25) is 0 Å². The smallest absolute Gasteiger partial charge is 0.0346 e. The fourth-order valence-electron chi connectivity index (χ4n) is 3.16. The number of allylic oxidation sites excluding steroid dienone is 4. The highest BCUT2D eigenvalue weighted by molar-refractivity contribution is 4.93. The van der Waals surface area contributed by atoms with E-state index in [1.165, 1.54) is 49.7 Å². The predicted octanol–water partition coefficient (Wildman–Crippen LogP) is 8.83. The summed E-state index contributed by atoms with van der Waals surface area (Å²) in [4.78, 5) is 0. The van der Waals surface area contributed by atoms with Gasteiger partial charge in [-0.25, -0.2) is 0 Å². The molecule has 0 fully saturated rings. The third kappa shape index (κ3) is 23.7. The Morgan fingerprint density at radius 1 is 0.583 bits per heavy atom. The Morgan fingerprint density at radius 2 is 0.875 bits per heavy atom. The van der Waals surface area contributed by atoms with Crippen molar-refractivity contribution < 1.29 is 0 Å². The van der Waals surface area contributed by atoms with Crippen LogP contribution in [0.4, 0.5) is 0 Å². The van der Waals surface area contributed by atoms with Crippen LogP contribution in [-0.4, -0.2) is 0 Å². The van der Waals surface area contributed by atoms with Crippen LogP contribution in [0.5, 0.6) is 0 Å². The van der Waals surface area contributed by atoms with Crippen molar-refractivity contribution >= 4 is 0 Å². The SMILES string of the molecule is CC(C)=CCC[C@@H](C)CC(C)C.CC(C)=CCC[C@H](C)CC(C)C. The van der Waals surface area contributed by atoms with Gasteiger partial charge in [-0.15, -0.1) is 0 Å². The number of rotatable bonds is 10. The van der Waals surface area contributed by atoms with Gasteiger partial charge in [0.2, 0.25) is 0 Å². The second-order valence-electron chi connectivity index (χ2n) is 9.19. The predicted molar refractivity (Wildman–Crippen MR) is 115 cm³/mol. The molecular weight excluding hydrogens is 288 g/mol. The molecule has 0 spiro atoms. The first-order valence-electron chi connectivity index (χ1n) is 10.3. The van der Waals surface area contributed by atoms with E-state index in [0.29, 0.717) is 0 Å². The van der Waals surface area contributed by atoms with Crippen molar-refractivity contribution in [2.45, 2.75) is 108 Å². The molecular formula is C24H48. The zero-order valence-electron chi connectivity index (χ0n) is 18.7. The van der Waals surface area contributed by atoms with Crippen LogP contribution in [-0.2, 0) is 0 Å². The second-order valence-corrected chi connectivity index (χ2v) is 9.19. The zero-order valence-corrected chi connectivity index (χ0v) is 18.7. The first-order valence-corrected chi connectivity index (χ1v) is 10.3. The maximum Gasteiger partial charge on any atom is -0.0346 e. The molecule has 0 rings (SSSR count). The highest BCUT2D eigenvalue weighted by Crippen LogP contribution is 2.17. The van der Waals surface area contributed by atoms with E-state index in [1.807, 2.05) is 0 Å². The molecule has 0 aromatic carbocycles. The first kappa shape index (κ1) is 25.7. The van der Waals surface area contributed by atoms with Gasteiger partial charge in [-0.2, -0.15) is 0 Å². The van der Waals surface area contributed by atoms with Crippen molar-refractivity contribution in [3.05, 3.63) is 23.3 Å². The van der Waals surface area contributed by atoms with Crippen molar-refractivity contribution in [2.75, 3.05) is 0 Å². The molecule has 0 saturated heterocycles. The lowest BCUT2D eigenvalue weighted by Crippen LogP contribution is -1.99. The van der Waals surface area contributed by atoms with Crippen LogP contribution in [0.25, 0.3) is 0 Å². The van der Waals surface area contributed by atoms with E-state index in [0.717, 1.165) is 23.7 Å². The highest BCUT2D eigenvalue weighted by atomic mass is 14.1. The number of hydrogen-bond acceptors (Lipinski definition) is 0. The monoisotopic (exact) mass is 336 g/mol. The third-order valence-electron chi connectivity index (χ3n) is 4.17. The lowest BCUT2D eigenvalue weighted by molar-refractivity contribution is 0.417. The Morgan fingerprint density at radius 3 is 1.08 bits per heavy atom. The molecule has 0 N–H and O–H groups in total. The molecule has 0 heterocycles. The summed E-state index contributed by atoms with van der Waals surface area (Å²) in [6, 6.07) is 0. The van der Waals surface area contributed by atoms with Gasteiger partial charge < -0.3 is 0 Å². The average molecular weight is 337 g/mol. The molecule has 0 saturated carbocycles. The summed E-state index contributed by atoms with van der Waals surface area (Å²) in [5.41, 5.74) is 2.90. The summed E-state index contributed by atoms with van der Waals surface area (Å²) in [5, 5.41) is 0. The lowest BCUT2D eigenvalue weighted by atomic mass is 9.94. The molecule has 144 valence electrons. The van der Waals surface area contributed by atoms with Crippen molar-refractivity contribution in [1.82, 2.24) is 0 Å². The van der Waals surface area contributed by atoms with Gasteiger partial charge in [0.15, 0.2) is 0 Å². The quantitative estimate of drug-likeness (QED) is 0.349. The van der Waals surface area contributed by atoms with Crippen molar-refractivity contribution in [2.24, 2.45) is 23.7 Å². The van der Waals surface area contributed by atoms with E-state index < -0.39 is 0 Å². The Bertz CT molecular complexity index is 288. The lowest BCUT2D eigenvalue weighted by Gasteiger charge is -2.12. The van der Waals surface area contributed by atoms with Crippen molar-refractivity contribution in [3.63, 3.8) is 0 Å². The van der Waals surface area contributed by atoms with E-state index >= 15 is 0 Å². The van der Waals surface area contributed by atoms with Gasteiger partial charge in [0.05, 0.1) is 0 Å². The van der Waals surface area contributed by atoms with E-state index in [4.69, 9.17) is 0 Å². The molecule has 0 aliphatic rings. The van der Waals surface area contributed by atoms with E-state index in [1.54, 1.807) is 0 Å². The minimum absolute atomic E-state index is 0.853. The van der Waals surface area contributed by atoms with Gasteiger partial charge in [-0.1, -0.05) is 64.8 Å². The van der Waals surface area contributed by atoms with Gasteiger partial charge in [-0.05, 0) is 89.9 Å². The van der Waals surface area contributed by atoms with Crippen LogP contribution in [0.1, 0.15) is 108 Å². The Balaban J connectivity index is 0.